The Morgan fingerprint density at radius 3 is 2.67 bits per heavy atom. The van der Waals surface area contributed by atoms with Crippen molar-refractivity contribution in [2.24, 2.45) is 0 Å². The van der Waals surface area contributed by atoms with E-state index in [0.717, 1.165) is 19.1 Å². The van der Waals surface area contributed by atoms with Gasteiger partial charge in [-0.2, -0.15) is 0 Å². The number of ether oxygens (including phenoxy) is 3. The van der Waals surface area contributed by atoms with E-state index in [1.807, 2.05) is 6.92 Å². The van der Waals surface area contributed by atoms with E-state index in [9.17, 15) is 9.90 Å². The molecule has 0 heterocycles. The molecule has 1 atom stereocenters. The predicted octanol–water partition coefficient (Wildman–Crippen LogP) is 2.45. The number of aliphatic hydroxyl groups excluding tert-OH is 1. The van der Waals surface area contributed by atoms with Gasteiger partial charge >= 0.3 is 0 Å². The number of hydrogen-bond donors (Lipinski definition) is 1. The summed E-state index contributed by atoms with van der Waals surface area (Å²) in [6.07, 6.45) is 2.10. The number of carbonyl (C=O) groups excluding carboxylic acids is 1. The second kappa shape index (κ2) is 10.2. The van der Waals surface area contributed by atoms with E-state index < -0.39 is 6.10 Å². The van der Waals surface area contributed by atoms with Crippen LogP contribution in [0.4, 0.5) is 0 Å². The zero-order valence-electron chi connectivity index (χ0n) is 12.7. The summed E-state index contributed by atoms with van der Waals surface area (Å²) in [5.41, 5.74) is 0.522. The summed E-state index contributed by atoms with van der Waals surface area (Å²) in [4.78, 5) is 10.8. The van der Waals surface area contributed by atoms with E-state index in [-0.39, 0.29) is 13.2 Å². The molecule has 5 nitrogen and oxygen atoms in total. The maximum absolute atomic E-state index is 10.8. The highest BCUT2D eigenvalue weighted by Crippen LogP contribution is 2.28. The second-order valence-electron chi connectivity index (χ2n) is 4.65. The molecule has 0 amide bonds. The molecular weight excluding hydrogens is 272 g/mol. The SMILES string of the molecule is CCCCOCC(O)COc1ccc(C=O)cc1OCC. The summed E-state index contributed by atoms with van der Waals surface area (Å²) in [5.74, 6) is 1.01. The van der Waals surface area contributed by atoms with Crippen molar-refractivity contribution < 1.29 is 24.1 Å². The maximum Gasteiger partial charge on any atom is 0.161 e. The first-order valence-corrected chi connectivity index (χ1v) is 7.31. The zero-order valence-corrected chi connectivity index (χ0v) is 12.7. The molecule has 0 aromatic heterocycles. The molecule has 0 aliphatic rings. The maximum atomic E-state index is 10.8. The Balaban J connectivity index is 2.48. The van der Waals surface area contributed by atoms with Gasteiger partial charge in [-0.25, -0.2) is 0 Å². The van der Waals surface area contributed by atoms with E-state index in [1.54, 1.807) is 18.2 Å². The zero-order chi connectivity index (χ0) is 15.5. The summed E-state index contributed by atoms with van der Waals surface area (Å²) < 4.78 is 16.3. The number of hydrogen-bond acceptors (Lipinski definition) is 5. The first-order chi connectivity index (χ1) is 10.2. The molecule has 0 saturated carbocycles. The molecule has 0 bridgehead atoms. The van der Waals surface area contributed by atoms with Crippen molar-refractivity contribution in [1.82, 2.24) is 0 Å². The van der Waals surface area contributed by atoms with Crippen molar-refractivity contribution in [1.29, 1.82) is 0 Å². The molecule has 0 fully saturated rings. The molecular formula is C16H24O5. The molecule has 1 unspecified atom stereocenters. The van der Waals surface area contributed by atoms with Gasteiger partial charge in [0.1, 0.15) is 19.0 Å². The number of rotatable bonds is 11. The van der Waals surface area contributed by atoms with Crippen molar-refractivity contribution in [2.75, 3.05) is 26.4 Å². The average Bonchev–Trinajstić information content (AvgIpc) is 2.50. The fraction of sp³-hybridized carbons (Fsp3) is 0.562. The summed E-state index contributed by atoms with van der Waals surface area (Å²) in [5, 5.41) is 9.78. The average molecular weight is 296 g/mol. The first kappa shape index (κ1) is 17.5. The van der Waals surface area contributed by atoms with Crippen LogP contribution in [0, 0.1) is 0 Å². The van der Waals surface area contributed by atoms with Crippen molar-refractivity contribution in [3.8, 4) is 11.5 Å². The van der Waals surface area contributed by atoms with Crippen LogP contribution in [0.3, 0.4) is 0 Å². The molecule has 0 spiro atoms. The Morgan fingerprint density at radius 1 is 1.19 bits per heavy atom. The van der Waals surface area contributed by atoms with Crippen molar-refractivity contribution in [3.63, 3.8) is 0 Å². The van der Waals surface area contributed by atoms with E-state index in [1.165, 1.54) is 0 Å². The molecule has 0 aliphatic heterocycles. The standard InChI is InChI=1S/C16H24O5/c1-3-5-8-19-11-14(18)12-21-15-7-6-13(10-17)9-16(15)20-4-2/h6-7,9-10,14,18H,3-5,8,11-12H2,1-2H3. The fourth-order valence-electron chi connectivity index (χ4n) is 1.69. The van der Waals surface area contributed by atoms with E-state index in [0.29, 0.717) is 30.3 Å². The Morgan fingerprint density at radius 2 is 2.00 bits per heavy atom. The van der Waals surface area contributed by atoms with Crippen LogP contribution < -0.4 is 9.47 Å². The van der Waals surface area contributed by atoms with Crippen LogP contribution in [-0.2, 0) is 4.74 Å². The Kier molecular flexibility index (Phi) is 8.47. The van der Waals surface area contributed by atoms with Gasteiger partial charge in [0.25, 0.3) is 0 Å². The van der Waals surface area contributed by atoms with Gasteiger partial charge in [-0.15, -0.1) is 0 Å². The van der Waals surface area contributed by atoms with Crippen LogP contribution in [0.15, 0.2) is 18.2 Å². The van der Waals surface area contributed by atoms with Crippen LogP contribution >= 0.6 is 0 Å². The van der Waals surface area contributed by atoms with Gasteiger partial charge in [0, 0.05) is 12.2 Å². The van der Waals surface area contributed by atoms with Crippen LogP contribution in [0.5, 0.6) is 11.5 Å². The van der Waals surface area contributed by atoms with Gasteiger partial charge in [0.05, 0.1) is 13.2 Å². The van der Waals surface area contributed by atoms with E-state index >= 15 is 0 Å². The minimum absolute atomic E-state index is 0.118. The third-order valence-corrected chi connectivity index (χ3v) is 2.79. The lowest BCUT2D eigenvalue weighted by molar-refractivity contribution is 0.0108. The van der Waals surface area contributed by atoms with Crippen molar-refractivity contribution in [2.45, 2.75) is 32.8 Å². The third-order valence-electron chi connectivity index (χ3n) is 2.79. The van der Waals surface area contributed by atoms with Crippen LogP contribution in [0.1, 0.15) is 37.0 Å². The van der Waals surface area contributed by atoms with Crippen molar-refractivity contribution in [3.05, 3.63) is 23.8 Å². The number of carbonyl (C=O) groups is 1. The smallest absolute Gasteiger partial charge is 0.161 e. The van der Waals surface area contributed by atoms with Gasteiger partial charge in [-0.3, -0.25) is 4.79 Å². The minimum Gasteiger partial charge on any atom is -0.490 e. The van der Waals surface area contributed by atoms with Gasteiger partial charge in [-0.05, 0) is 31.5 Å². The lowest BCUT2D eigenvalue weighted by Gasteiger charge is -2.15. The largest absolute Gasteiger partial charge is 0.490 e. The second-order valence-corrected chi connectivity index (χ2v) is 4.65. The highest BCUT2D eigenvalue weighted by atomic mass is 16.5. The molecule has 1 N–H and O–H groups in total. The molecule has 0 saturated heterocycles. The molecule has 118 valence electrons. The van der Waals surface area contributed by atoms with Crippen LogP contribution in [0.25, 0.3) is 0 Å². The molecule has 0 aliphatic carbocycles. The van der Waals surface area contributed by atoms with Gasteiger partial charge < -0.3 is 19.3 Å². The molecule has 1 aromatic carbocycles. The summed E-state index contributed by atoms with van der Waals surface area (Å²) in [6, 6.07) is 4.93. The molecule has 21 heavy (non-hydrogen) atoms. The molecule has 0 radical (unpaired) electrons. The predicted molar refractivity (Wildman–Crippen MR) is 80.2 cm³/mol. The number of benzene rings is 1. The normalized spacial score (nSPS) is 12.0. The van der Waals surface area contributed by atoms with Crippen LogP contribution in [0.2, 0.25) is 0 Å². The van der Waals surface area contributed by atoms with Gasteiger partial charge in [0.2, 0.25) is 0 Å². The topological polar surface area (TPSA) is 65.0 Å². The van der Waals surface area contributed by atoms with Crippen LogP contribution in [-0.4, -0.2) is 43.9 Å². The summed E-state index contributed by atoms with van der Waals surface area (Å²) in [6.45, 7) is 5.42. The monoisotopic (exact) mass is 296 g/mol. The summed E-state index contributed by atoms with van der Waals surface area (Å²) in [7, 11) is 0. The first-order valence-electron chi connectivity index (χ1n) is 7.31. The Hall–Kier alpha value is -1.59. The van der Waals surface area contributed by atoms with Crippen molar-refractivity contribution >= 4 is 6.29 Å². The fourth-order valence-corrected chi connectivity index (χ4v) is 1.69. The molecule has 1 rings (SSSR count). The highest BCUT2D eigenvalue weighted by molar-refractivity contribution is 5.76. The minimum atomic E-state index is -0.693. The number of aldehydes is 1. The highest BCUT2D eigenvalue weighted by Gasteiger charge is 2.10. The van der Waals surface area contributed by atoms with E-state index in [4.69, 9.17) is 14.2 Å². The van der Waals surface area contributed by atoms with E-state index in [2.05, 4.69) is 6.92 Å². The number of aliphatic hydroxyl groups is 1. The third kappa shape index (κ3) is 6.60. The molecule has 1 aromatic rings. The number of unbranched alkanes of at least 4 members (excludes halogenated alkanes) is 1. The van der Waals surface area contributed by atoms with Gasteiger partial charge in [0.15, 0.2) is 11.5 Å². The molecule has 5 heteroatoms. The van der Waals surface area contributed by atoms with Gasteiger partial charge in [-0.1, -0.05) is 13.3 Å². The quantitative estimate of drug-likeness (QED) is 0.502. The Bertz CT molecular complexity index is 419. The lowest BCUT2D eigenvalue weighted by atomic mass is 10.2. The lowest BCUT2D eigenvalue weighted by Crippen LogP contribution is -2.23. The summed E-state index contributed by atoms with van der Waals surface area (Å²) >= 11 is 0. The Labute approximate surface area is 125 Å².